The Morgan fingerprint density at radius 3 is 0.513 bits per heavy atom. The number of thiocyanates is 4. The van der Waals surface area contributed by atoms with E-state index in [0.29, 0.717) is 38.5 Å². The van der Waals surface area contributed by atoms with E-state index < -0.39 is 15.8 Å². The third-order valence-electron chi connectivity index (χ3n) is 3.54. The summed E-state index contributed by atoms with van der Waals surface area (Å²) in [6.45, 7) is 0. The predicted molar refractivity (Wildman–Crippen MR) is 159 cm³/mol. The van der Waals surface area contributed by atoms with Crippen molar-refractivity contribution < 1.29 is 16.5 Å². The molecule has 0 atom stereocenters. The largest absolute Gasteiger partial charge is 2.00 e. The average molecular weight is 679 g/mol. The molecule has 0 spiro atoms. The SMILES string of the molecule is N#CCC[PH+](CCC#N)CCC#N.N#CCC[PH+](CCC#N)CCC#N.N#C[S-].N#C[S-].N#C[S-].N#C[S-].[Ni+2]. The van der Waals surface area contributed by atoms with Crippen molar-refractivity contribution in [3.05, 3.63) is 0 Å². The second-order valence-electron chi connectivity index (χ2n) is 5.81. The first-order valence-electron chi connectivity index (χ1n) is 10.3. The van der Waals surface area contributed by atoms with Gasteiger partial charge in [-0.2, -0.15) is 31.6 Å². The number of nitriles is 10. The van der Waals surface area contributed by atoms with Crippen LogP contribution in [0.5, 0.6) is 0 Å². The molecule has 0 rings (SSSR count). The minimum Gasteiger partial charge on any atom is -0.696 e. The van der Waals surface area contributed by atoms with Crippen molar-refractivity contribution in [3.8, 4) is 58.0 Å². The minimum absolute atomic E-state index is 0. The standard InChI is InChI=1S/2C9H12N3P.4CHNS.Ni/c2*10-4-1-7-13(8-2-5-11)9-3-6-12;4*2-1-3;/h2*1-3,7-9H2;4*3H;/q;;;;;;+2/p-2. The molecule has 17 heteroatoms. The van der Waals surface area contributed by atoms with E-state index in [1.807, 2.05) is 0 Å². The van der Waals surface area contributed by atoms with Gasteiger partial charge in [-0.3, -0.25) is 0 Å². The zero-order valence-corrected chi connectivity index (χ0v) is 27.2. The van der Waals surface area contributed by atoms with Gasteiger partial charge >= 0.3 is 16.5 Å². The van der Waals surface area contributed by atoms with E-state index in [1.54, 1.807) is 0 Å². The molecule has 0 amide bonds. The number of nitrogens with zero attached hydrogens (tertiary/aromatic N) is 10. The molecule has 0 aromatic carbocycles. The van der Waals surface area contributed by atoms with Crippen molar-refractivity contribution >= 4 is 66.4 Å². The molecule has 0 saturated carbocycles. The minimum atomic E-state index is -0.600. The number of rotatable bonds is 12. The summed E-state index contributed by atoms with van der Waals surface area (Å²) in [5.74, 6) is 0. The molecular weight excluding hydrogens is 653 g/mol. The summed E-state index contributed by atoms with van der Waals surface area (Å²) in [5, 5.41) is 84.3. The van der Waals surface area contributed by atoms with Crippen molar-refractivity contribution in [1.29, 1.82) is 52.6 Å². The van der Waals surface area contributed by atoms with Crippen LogP contribution in [0.2, 0.25) is 0 Å². The molecule has 0 aliphatic heterocycles. The number of hydrogen-bond donors (Lipinski definition) is 0. The zero-order valence-electron chi connectivity index (χ0n) is 20.9. The van der Waals surface area contributed by atoms with E-state index >= 15 is 0 Å². The summed E-state index contributed by atoms with van der Waals surface area (Å²) in [6, 6.07) is 12.7. The van der Waals surface area contributed by atoms with Crippen LogP contribution in [0.15, 0.2) is 0 Å². The second-order valence-corrected chi connectivity index (χ2v) is 12.5. The van der Waals surface area contributed by atoms with Gasteiger partial charge in [-0.25, -0.2) is 21.0 Å². The topological polar surface area (TPSA) is 238 Å². The molecule has 0 saturated heterocycles. The van der Waals surface area contributed by atoms with Crippen molar-refractivity contribution in [1.82, 2.24) is 0 Å². The Labute approximate surface area is 267 Å². The van der Waals surface area contributed by atoms with Gasteiger partial charge in [0.25, 0.3) is 0 Å². The third-order valence-corrected chi connectivity index (χ3v) is 9.28. The van der Waals surface area contributed by atoms with Crippen LogP contribution in [0.3, 0.4) is 0 Å². The first-order valence-corrected chi connectivity index (χ1v) is 16.2. The van der Waals surface area contributed by atoms with Gasteiger partial charge in [0.05, 0.1) is 112 Å². The van der Waals surface area contributed by atoms with Crippen LogP contribution >= 0.6 is 15.8 Å². The van der Waals surface area contributed by atoms with Crippen LogP contribution < -0.4 is 0 Å². The summed E-state index contributed by atoms with van der Waals surface area (Å²) in [7, 11) is -1.20. The summed E-state index contributed by atoms with van der Waals surface area (Å²) < 4.78 is 0. The van der Waals surface area contributed by atoms with Crippen LogP contribution in [-0.4, -0.2) is 37.0 Å². The van der Waals surface area contributed by atoms with Gasteiger partial charge in [0.15, 0.2) is 0 Å². The molecule has 0 bridgehead atoms. The maximum Gasteiger partial charge on any atom is 2.00 e. The van der Waals surface area contributed by atoms with E-state index in [-0.39, 0.29) is 16.5 Å². The van der Waals surface area contributed by atoms with E-state index in [9.17, 15) is 0 Å². The fourth-order valence-electron chi connectivity index (χ4n) is 2.15. The van der Waals surface area contributed by atoms with E-state index in [2.05, 4.69) is 86.9 Å². The molecule has 0 fully saturated rings. The van der Waals surface area contributed by atoms with Gasteiger partial charge in [-0.05, 0) is 0 Å². The fourth-order valence-corrected chi connectivity index (χ4v) is 6.44. The van der Waals surface area contributed by atoms with E-state index in [4.69, 9.17) is 52.6 Å². The molecule has 0 unspecified atom stereocenters. The van der Waals surface area contributed by atoms with Crippen LogP contribution in [0.4, 0.5) is 0 Å². The van der Waals surface area contributed by atoms with Gasteiger partial charge in [-0.15, -0.1) is 0 Å². The second kappa shape index (κ2) is 64.8. The molecule has 0 radical (unpaired) electrons. The predicted octanol–water partition coefficient (Wildman–Crippen LogP) is 3.94. The van der Waals surface area contributed by atoms with E-state index in [0.717, 1.165) is 37.0 Å². The summed E-state index contributed by atoms with van der Waals surface area (Å²) >= 11 is 14.8. The van der Waals surface area contributed by atoms with Crippen molar-refractivity contribution in [3.63, 3.8) is 0 Å². The molecule has 0 aromatic rings. The molecule has 10 nitrogen and oxygen atoms in total. The van der Waals surface area contributed by atoms with Crippen molar-refractivity contribution in [2.45, 2.75) is 38.5 Å². The van der Waals surface area contributed by atoms with Gasteiger partial charge < -0.3 is 50.5 Å². The Morgan fingerprint density at radius 1 is 0.333 bits per heavy atom. The van der Waals surface area contributed by atoms with Gasteiger partial charge in [0.2, 0.25) is 0 Å². The molecule has 0 aliphatic rings. The molecule has 0 aliphatic carbocycles. The Hall–Kier alpha value is -2.87. The number of hydrogen-bond acceptors (Lipinski definition) is 14. The zero-order chi connectivity index (χ0) is 30.7. The van der Waals surface area contributed by atoms with Crippen LogP contribution in [-0.2, 0) is 67.0 Å². The third kappa shape index (κ3) is 86.4. The van der Waals surface area contributed by atoms with Crippen molar-refractivity contribution in [2.75, 3.05) is 37.0 Å². The maximum atomic E-state index is 8.40. The van der Waals surface area contributed by atoms with Crippen LogP contribution in [0, 0.1) is 111 Å². The summed E-state index contributed by atoms with van der Waals surface area (Å²) in [5.41, 5.74) is 0. The molecular formula is C22H26N10NiP2S4. The molecule has 208 valence electrons. The maximum absolute atomic E-state index is 8.40. The van der Waals surface area contributed by atoms with E-state index in [1.165, 1.54) is 21.6 Å². The Balaban J connectivity index is -0.0000000733. The molecule has 0 aromatic heterocycles. The quantitative estimate of drug-likeness (QED) is 0.123. The van der Waals surface area contributed by atoms with Gasteiger partial charge in [0, 0.05) is 15.8 Å². The average Bonchev–Trinajstić information content (AvgIpc) is 2.90. The first kappa shape index (κ1) is 52.5. The van der Waals surface area contributed by atoms with Crippen molar-refractivity contribution in [2.24, 2.45) is 0 Å². The Kier molecular flexibility index (Phi) is 87.3. The normalized spacial score (nSPS) is 6.56. The smallest absolute Gasteiger partial charge is 0.696 e. The Bertz CT molecular complexity index is 763. The van der Waals surface area contributed by atoms with Gasteiger partial charge in [-0.1, -0.05) is 21.6 Å². The first-order chi connectivity index (χ1) is 18.3. The molecule has 0 N–H and O–H groups in total. The fraction of sp³-hybridized carbons (Fsp3) is 0.545. The summed E-state index contributed by atoms with van der Waals surface area (Å²) in [6.07, 6.45) is 8.97. The molecule has 39 heavy (non-hydrogen) atoms. The van der Waals surface area contributed by atoms with Crippen LogP contribution in [0.25, 0.3) is 0 Å². The van der Waals surface area contributed by atoms with Crippen LogP contribution in [0.1, 0.15) is 38.5 Å². The molecule has 0 heterocycles. The Morgan fingerprint density at radius 2 is 0.436 bits per heavy atom. The monoisotopic (exact) mass is 678 g/mol. The summed E-state index contributed by atoms with van der Waals surface area (Å²) in [4.78, 5) is 0. The van der Waals surface area contributed by atoms with Gasteiger partial charge in [0.1, 0.15) is 0 Å².